The first-order chi connectivity index (χ1) is 3.70. The number of hydrogen-bond donors (Lipinski definition) is 1. The standard InChI is InChI=1S/C3H3Br2N3/c1-8-3(5)6-2(4)7-8/h1H3/p+1. The summed E-state index contributed by atoms with van der Waals surface area (Å²) in [5.74, 6) is 0. The third kappa shape index (κ3) is 1.08. The van der Waals surface area contributed by atoms with Gasteiger partial charge in [-0.1, -0.05) is 0 Å². The molecule has 0 radical (unpaired) electrons. The summed E-state index contributed by atoms with van der Waals surface area (Å²) in [5.41, 5.74) is 0. The van der Waals surface area contributed by atoms with E-state index >= 15 is 0 Å². The lowest BCUT2D eigenvalue weighted by Gasteiger charge is -1.73. The highest BCUT2D eigenvalue weighted by Crippen LogP contribution is 2.02. The Morgan fingerprint density at radius 1 is 1.62 bits per heavy atom. The van der Waals surface area contributed by atoms with E-state index in [-0.39, 0.29) is 0 Å². The summed E-state index contributed by atoms with van der Waals surface area (Å²) in [6, 6.07) is 0. The number of nitrogens with one attached hydrogen (secondary N) is 1. The first-order valence-corrected chi connectivity index (χ1v) is 3.56. The molecule has 1 aromatic heterocycles. The number of aromatic amines is 1. The van der Waals surface area contributed by atoms with Crippen LogP contribution in [0, 0.1) is 0 Å². The third-order valence-electron chi connectivity index (χ3n) is 0.727. The Labute approximate surface area is 63.4 Å². The van der Waals surface area contributed by atoms with E-state index < -0.39 is 0 Å². The van der Waals surface area contributed by atoms with Gasteiger partial charge in [0.05, 0.1) is 15.9 Å². The van der Waals surface area contributed by atoms with Crippen LogP contribution in [0.2, 0.25) is 0 Å². The van der Waals surface area contributed by atoms with Crippen LogP contribution in [0.5, 0.6) is 0 Å². The zero-order valence-corrected chi connectivity index (χ0v) is 7.32. The Morgan fingerprint density at radius 3 is 2.38 bits per heavy atom. The largest absolute Gasteiger partial charge is 0.387 e. The van der Waals surface area contributed by atoms with E-state index in [9.17, 15) is 0 Å². The van der Waals surface area contributed by atoms with E-state index in [1.165, 1.54) is 0 Å². The highest BCUT2D eigenvalue weighted by atomic mass is 79.9. The smallest absolute Gasteiger partial charge is 0.181 e. The summed E-state index contributed by atoms with van der Waals surface area (Å²) >= 11 is 6.37. The fraction of sp³-hybridized carbons (Fsp3) is 0.333. The lowest BCUT2D eigenvalue weighted by molar-refractivity contribution is -0.739. The molecule has 1 N–H and O–H groups in total. The lowest BCUT2D eigenvalue weighted by Crippen LogP contribution is -2.30. The van der Waals surface area contributed by atoms with Gasteiger partial charge in [-0.2, -0.15) is 5.10 Å². The van der Waals surface area contributed by atoms with Crippen LogP contribution in [0.3, 0.4) is 0 Å². The van der Waals surface area contributed by atoms with Crippen molar-refractivity contribution in [3.05, 3.63) is 9.47 Å². The van der Waals surface area contributed by atoms with Crippen LogP contribution < -0.4 is 4.68 Å². The van der Waals surface area contributed by atoms with Crippen molar-refractivity contribution >= 4 is 31.9 Å². The predicted molar refractivity (Wildman–Crippen MR) is 35.2 cm³/mol. The molecule has 44 valence electrons. The van der Waals surface area contributed by atoms with Crippen LogP contribution in [0.15, 0.2) is 9.47 Å². The lowest BCUT2D eigenvalue weighted by atomic mass is 11.2. The summed E-state index contributed by atoms with van der Waals surface area (Å²) in [7, 11) is 1.86. The summed E-state index contributed by atoms with van der Waals surface area (Å²) in [5, 5.41) is 2.88. The summed E-state index contributed by atoms with van der Waals surface area (Å²) in [4.78, 5) is 3.95. The van der Waals surface area contributed by atoms with Crippen molar-refractivity contribution in [1.29, 1.82) is 0 Å². The van der Waals surface area contributed by atoms with Gasteiger partial charge in [-0.15, -0.1) is 4.68 Å². The molecular formula is C3H4Br2N3+. The maximum atomic E-state index is 3.95. The maximum absolute atomic E-state index is 3.95. The zero-order chi connectivity index (χ0) is 6.15. The summed E-state index contributed by atoms with van der Waals surface area (Å²) in [6.45, 7) is 0. The molecule has 1 rings (SSSR count). The van der Waals surface area contributed by atoms with Gasteiger partial charge in [-0.05, 0) is 4.98 Å². The number of hydrogen-bond acceptors (Lipinski definition) is 1. The predicted octanol–water partition coefficient (Wildman–Crippen LogP) is 0.759. The molecule has 8 heavy (non-hydrogen) atoms. The van der Waals surface area contributed by atoms with Gasteiger partial charge in [0.2, 0.25) is 0 Å². The minimum atomic E-state index is 0.729. The molecule has 0 aliphatic carbocycles. The van der Waals surface area contributed by atoms with Crippen molar-refractivity contribution in [2.75, 3.05) is 0 Å². The molecule has 5 heteroatoms. The fourth-order valence-electron chi connectivity index (χ4n) is 0.366. The third-order valence-corrected chi connectivity index (χ3v) is 1.79. The number of nitrogens with zero attached hydrogens (tertiary/aromatic N) is 2. The molecule has 1 aromatic rings. The highest BCUT2D eigenvalue weighted by Gasteiger charge is 2.08. The zero-order valence-electron chi connectivity index (χ0n) is 4.15. The highest BCUT2D eigenvalue weighted by molar-refractivity contribution is 9.11. The number of halogens is 2. The molecule has 1 heterocycles. The van der Waals surface area contributed by atoms with Crippen molar-refractivity contribution < 1.29 is 4.68 Å². The van der Waals surface area contributed by atoms with Gasteiger partial charge >= 0.3 is 9.47 Å². The van der Waals surface area contributed by atoms with Crippen molar-refractivity contribution in [1.82, 2.24) is 10.1 Å². The fourth-order valence-corrected chi connectivity index (χ4v) is 1.30. The molecule has 0 amide bonds. The number of aromatic nitrogens is 3. The molecule has 0 fully saturated rings. The van der Waals surface area contributed by atoms with Gasteiger partial charge in [-0.3, -0.25) is 0 Å². The number of aryl methyl sites for hydroxylation is 1. The first-order valence-electron chi connectivity index (χ1n) is 1.97. The SMILES string of the molecule is C[n+]1[nH]c(Br)nc1Br. The summed E-state index contributed by atoms with van der Waals surface area (Å²) < 4.78 is 3.26. The second kappa shape index (κ2) is 2.14. The van der Waals surface area contributed by atoms with E-state index in [1.54, 1.807) is 4.68 Å². The second-order valence-corrected chi connectivity index (χ2v) is 2.80. The van der Waals surface area contributed by atoms with Gasteiger partial charge in [0.1, 0.15) is 7.05 Å². The van der Waals surface area contributed by atoms with Crippen LogP contribution in [-0.2, 0) is 7.05 Å². The molecule has 0 unspecified atom stereocenters. The Morgan fingerprint density at radius 2 is 2.25 bits per heavy atom. The second-order valence-electron chi connectivity index (χ2n) is 1.34. The van der Waals surface area contributed by atoms with Crippen LogP contribution in [0.1, 0.15) is 0 Å². The van der Waals surface area contributed by atoms with Crippen LogP contribution in [0.4, 0.5) is 0 Å². The first kappa shape index (κ1) is 6.22. The average Bonchev–Trinajstić information content (AvgIpc) is 1.85. The quantitative estimate of drug-likeness (QED) is 0.669. The Balaban J connectivity index is 3.14. The monoisotopic (exact) mass is 240 g/mol. The summed E-state index contributed by atoms with van der Waals surface area (Å²) in [6.07, 6.45) is 0. The molecular weight excluding hydrogens is 238 g/mol. The topological polar surface area (TPSA) is 32.6 Å². The minimum absolute atomic E-state index is 0.729. The molecule has 0 saturated carbocycles. The molecule has 0 aliphatic heterocycles. The van der Waals surface area contributed by atoms with Gasteiger partial charge < -0.3 is 0 Å². The molecule has 0 saturated heterocycles. The molecule has 0 bridgehead atoms. The van der Waals surface area contributed by atoms with Gasteiger partial charge in [0.25, 0.3) is 0 Å². The van der Waals surface area contributed by atoms with Gasteiger partial charge in [-0.25, -0.2) is 0 Å². The Bertz CT molecular complexity index is 175. The molecule has 0 spiro atoms. The van der Waals surface area contributed by atoms with E-state index in [0.29, 0.717) is 0 Å². The molecule has 0 aromatic carbocycles. The molecule has 0 atom stereocenters. The molecule has 3 nitrogen and oxygen atoms in total. The minimum Gasteiger partial charge on any atom is -0.181 e. The van der Waals surface area contributed by atoms with Crippen molar-refractivity contribution in [2.24, 2.45) is 7.05 Å². The van der Waals surface area contributed by atoms with E-state index in [4.69, 9.17) is 0 Å². The number of rotatable bonds is 0. The van der Waals surface area contributed by atoms with E-state index in [2.05, 4.69) is 41.9 Å². The van der Waals surface area contributed by atoms with E-state index in [0.717, 1.165) is 9.47 Å². The van der Waals surface area contributed by atoms with Crippen molar-refractivity contribution in [3.8, 4) is 0 Å². The van der Waals surface area contributed by atoms with Crippen LogP contribution >= 0.6 is 31.9 Å². The van der Waals surface area contributed by atoms with Crippen molar-refractivity contribution in [3.63, 3.8) is 0 Å². The Kier molecular flexibility index (Phi) is 1.67. The van der Waals surface area contributed by atoms with Crippen molar-refractivity contribution in [2.45, 2.75) is 0 Å². The van der Waals surface area contributed by atoms with Crippen LogP contribution in [-0.4, -0.2) is 10.1 Å². The normalized spacial score (nSPS) is 9.88. The number of H-pyrrole nitrogens is 1. The van der Waals surface area contributed by atoms with Crippen LogP contribution in [0.25, 0.3) is 0 Å². The maximum Gasteiger partial charge on any atom is 0.387 e. The van der Waals surface area contributed by atoms with E-state index in [1.807, 2.05) is 7.05 Å². The molecule has 0 aliphatic rings. The van der Waals surface area contributed by atoms with Gasteiger partial charge in [0, 0.05) is 15.9 Å². The average molecular weight is 242 g/mol. The van der Waals surface area contributed by atoms with Gasteiger partial charge in [0.15, 0.2) is 0 Å². The Hall–Kier alpha value is 0.1000.